The first-order valence-corrected chi connectivity index (χ1v) is 14.8. The Kier molecular flexibility index (Phi) is 7.68. The van der Waals surface area contributed by atoms with E-state index in [1.807, 2.05) is 72.2 Å². The van der Waals surface area contributed by atoms with Crippen molar-refractivity contribution in [2.75, 3.05) is 11.3 Å². The number of anilines is 1. The molecule has 1 aromatic carbocycles. The topological polar surface area (TPSA) is 119 Å². The van der Waals surface area contributed by atoms with Crippen LogP contribution in [0.15, 0.2) is 79.5 Å². The van der Waals surface area contributed by atoms with Gasteiger partial charge in [-0.3, -0.25) is 9.38 Å². The van der Waals surface area contributed by atoms with Gasteiger partial charge in [-0.05, 0) is 47.4 Å². The minimum absolute atomic E-state index is 0.149. The number of aryl methyl sites for hydroxylation is 1. The number of hydroxylamine groups is 1. The molecule has 5 aromatic rings. The SMILES string of the molecule is CCCc1cnc(N(OS(C)(=O)=O)C(=O)NCc2ccc(-c3cnc4cc(-c5ccncc5)ccn34)cc2)s1. The highest BCUT2D eigenvalue weighted by Gasteiger charge is 2.25. The van der Waals surface area contributed by atoms with Gasteiger partial charge >= 0.3 is 6.03 Å². The molecule has 0 bridgehead atoms. The summed E-state index contributed by atoms with van der Waals surface area (Å²) < 4.78 is 30.5. The van der Waals surface area contributed by atoms with Gasteiger partial charge in [0.1, 0.15) is 5.65 Å². The fourth-order valence-electron chi connectivity index (χ4n) is 4.00. The Balaban J connectivity index is 1.29. The van der Waals surface area contributed by atoms with E-state index in [1.54, 1.807) is 18.6 Å². The summed E-state index contributed by atoms with van der Waals surface area (Å²) >= 11 is 1.21. The zero-order valence-corrected chi connectivity index (χ0v) is 22.9. The summed E-state index contributed by atoms with van der Waals surface area (Å²) in [7, 11) is -3.95. The third kappa shape index (κ3) is 6.30. The molecular weight excluding hydrogens is 536 g/mol. The molecule has 0 saturated heterocycles. The van der Waals surface area contributed by atoms with E-state index in [1.165, 1.54) is 11.3 Å². The Labute approximate surface area is 230 Å². The largest absolute Gasteiger partial charge is 0.349 e. The van der Waals surface area contributed by atoms with Crippen LogP contribution in [0.4, 0.5) is 9.93 Å². The highest BCUT2D eigenvalue weighted by atomic mass is 32.2. The lowest BCUT2D eigenvalue weighted by Crippen LogP contribution is -2.41. The number of aromatic nitrogens is 4. The van der Waals surface area contributed by atoms with Gasteiger partial charge in [0.05, 0.1) is 18.1 Å². The zero-order chi connectivity index (χ0) is 27.4. The molecule has 0 atom stereocenters. The lowest BCUT2D eigenvalue weighted by atomic mass is 10.1. The zero-order valence-electron chi connectivity index (χ0n) is 21.3. The van der Waals surface area contributed by atoms with Gasteiger partial charge in [-0.1, -0.05) is 48.9 Å². The van der Waals surface area contributed by atoms with Gasteiger partial charge < -0.3 is 5.32 Å². The van der Waals surface area contributed by atoms with Crippen LogP contribution in [0.25, 0.3) is 28.0 Å². The predicted octanol–water partition coefficient (Wildman–Crippen LogP) is 5.08. The molecule has 12 heteroatoms. The summed E-state index contributed by atoms with van der Waals surface area (Å²) in [6.07, 6.45) is 11.5. The second-order valence-corrected chi connectivity index (χ2v) is 11.5. The molecule has 39 heavy (non-hydrogen) atoms. The van der Waals surface area contributed by atoms with Crippen molar-refractivity contribution < 1.29 is 17.5 Å². The maximum atomic E-state index is 12.9. The van der Waals surface area contributed by atoms with E-state index in [9.17, 15) is 13.2 Å². The molecule has 0 aliphatic rings. The number of nitrogens with one attached hydrogen (secondary N) is 1. The molecule has 0 aliphatic carbocycles. The highest BCUT2D eigenvalue weighted by Crippen LogP contribution is 2.26. The van der Waals surface area contributed by atoms with Crippen molar-refractivity contribution in [1.82, 2.24) is 24.7 Å². The molecule has 0 radical (unpaired) electrons. The Morgan fingerprint density at radius 3 is 2.51 bits per heavy atom. The van der Waals surface area contributed by atoms with Gasteiger partial charge in [0, 0.05) is 41.8 Å². The summed E-state index contributed by atoms with van der Waals surface area (Å²) in [5.74, 6) is 0. The number of urea groups is 1. The molecule has 10 nitrogen and oxygen atoms in total. The van der Waals surface area contributed by atoms with Crippen LogP contribution in [0.5, 0.6) is 0 Å². The Bertz CT molecular complexity index is 1700. The lowest BCUT2D eigenvalue weighted by Gasteiger charge is -2.17. The number of carbonyl (C=O) groups excluding carboxylic acids is 1. The number of fused-ring (bicyclic) bond motifs is 1. The van der Waals surface area contributed by atoms with E-state index < -0.39 is 16.1 Å². The molecule has 0 unspecified atom stereocenters. The molecule has 0 saturated carbocycles. The number of hydrogen-bond acceptors (Lipinski definition) is 8. The first kappa shape index (κ1) is 26.5. The van der Waals surface area contributed by atoms with Crippen LogP contribution in [0.1, 0.15) is 23.8 Å². The minimum atomic E-state index is -3.95. The fourth-order valence-corrected chi connectivity index (χ4v) is 5.41. The molecule has 0 spiro atoms. The number of thiazole rings is 1. The van der Waals surface area contributed by atoms with Crippen molar-refractivity contribution in [1.29, 1.82) is 0 Å². The van der Waals surface area contributed by atoms with E-state index in [0.29, 0.717) is 5.06 Å². The summed E-state index contributed by atoms with van der Waals surface area (Å²) in [5, 5.41) is 3.55. The minimum Gasteiger partial charge on any atom is -0.332 e. The van der Waals surface area contributed by atoms with E-state index in [2.05, 4.69) is 20.3 Å². The molecule has 4 heterocycles. The van der Waals surface area contributed by atoms with Gasteiger partial charge in [0.25, 0.3) is 10.1 Å². The number of rotatable bonds is 9. The molecule has 4 aromatic heterocycles. The number of benzene rings is 1. The Morgan fingerprint density at radius 1 is 1.03 bits per heavy atom. The van der Waals surface area contributed by atoms with E-state index in [0.717, 1.165) is 57.6 Å². The number of pyridine rings is 2. The van der Waals surface area contributed by atoms with Crippen LogP contribution in [-0.4, -0.2) is 40.1 Å². The van der Waals surface area contributed by atoms with Crippen molar-refractivity contribution >= 4 is 38.3 Å². The van der Waals surface area contributed by atoms with Crippen LogP contribution in [-0.2, 0) is 27.4 Å². The van der Waals surface area contributed by atoms with Crippen molar-refractivity contribution in [3.63, 3.8) is 0 Å². The van der Waals surface area contributed by atoms with E-state index in [-0.39, 0.29) is 11.7 Å². The summed E-state index contributed by atoms with van der Waals surface area (Å²) in [5.41, 5.74) is 5.67. The second-order valence-electron chi connectivity index (χ2n) is 8.81. The van der Waals surface area contributed by atoms with E-state index >= 15 is 0 Å². The van der Waals surface area contributed by atoms with E-state index in [4.69, 9.17) is 4.28 Å². The maximum absolute atomic E-state index is 12.9. The average Bonchev–Trinajstić information content (AvgIpc) is 3.58. The normalized spacial score (nSPS) is 11.5. The molecule has 0 fully saturated rings. The Morgan fingerprint density at radius 2 is 1.79 bits per heavy atom. The number of amides is 2. The smallest absolute Gasteiger partial charge is 0.332 e. The van der Waals surface area contributed by atoms with Crippen LogP contribution in [0.2, 0.25) is 0 Å². The van der Waals surface area contributed by atoms with Gasteiger partial charge in [-0.25, -0.2) is 14.8 Å². The van der Waals surface area contributed by atoms with Gasteiger partial charge in [0.2, 0.25) is 5.13 Å². The van der Waals surface area contributed by atoms with Crippen LogP contribution in [0, 0.1) is 0 Å². The Hall–Kier alpha value is -4.13. The quantitative estimate of drug-likeness (QED) is 0.249. The molecule has 200 valence electrons. The summed E-state index contributed by atoms with van der Waals surface area (Å²) in [6.45, 7) is 2.19. The van der Waals surface area contributed by atoms with Crippen molar-refractivity contribution in [3.8, 4) is 22.4 Å². The predicted molar refractivity (Wildman–Crippen MR) is 151 cm³/mol. The van der Waals surface area contributed by atoms with Gasteiger partial charge in [-0.2, -0.15) is 8.42 Å². The van der Waals surface area contributed by atoms with Crippen molar-refractivity contribution in [2.24, 2.45) is 0 Å². The molecule has 5 rings (SSSR count). The molecular formula is C27H26N6O4S2. The first-order chi connectivity index (χ1) is 18.8. The monoisotopic (exact) mass is 562 g/mol. The number of nitrogens with zero attached hydrogens (tertiary/aromatic N) is 5. The lowest BCUT2D eigenvalue weighted by molar-refractivity contribution is 0.215. The molecule has 2 amide bonds. The molecule has 1 N–H and O–H groups in total. The highest BCUT2D eigenvalue weighted by molar-refractivity contribution is 7.86. The first-order valence-electron chi connectivity index (χ1n) is 12.2. The summed E-state index contributed by atoms with van der Waals surface area (Å²) in [6, 6.07) is 14.9. The standard InChI is InChI=1S/C27H26N6O4S2/c1-3-4-23-17-31-27(38-23)33(37-39(2,35)36)26(34)30-16-19-5-7-21(8-6-19)24-18-29-25-15-22(11-14-32(24)25)20-9-12-28-13-10-20/h5-15,17-18H,3-4,16H2,1-2H3,(H,30,34). The maximum Gasteiger partial charge on any atom is 0.349 e. The average molecular weight is 563 g/mol. The summed E-state index contributed by atoms with van der Waals surface area (Å²) in [4.78, 5) is 26.6. The van der Waals surface area contributed by atoms with Crippen molar-refractivity contribution in [2.45, 2.75) is 26.3 Å². The number of carbonyl (C=O) groups is 1. The van der Waals surface area contributed by atoms with Crippen molar-refractivity contribution in [3.05, 3.63) is 90.0 Å². The van der Waals surface area contributed by atoms with Crippen LogP contribution < -0.4 is 10.4 Å². The third-order valence-electron chi connectivity index (χ3n) is 5.83. The fraction of sp³-hybridized carbons (Fsp3) is 0.185. The van der Waals surface area contributed by atoms with Crippen LogP contribution >= 0.6 is 11.3 Å². The van der Waals surface area contributed by atoms with Gasteiger partial charge in [0.15, 0.2) is 0 Å². The molecule has 0 aliphatic heterocycles. The number of imidazole rings is 1. The van der Waals surface area contributed by atoms with Gasteiger partial charge in [-0.15, -0.1) is 9.35 Å². The van der Waals surface area contributed by atoms with Crippen LogP contribution in [0.3, 0.4) is 0 Å². The third-order valence-corrected chi connectivity index (χ3v) is 7.27. The number of hydrogen-bond donors (Lipinski definition) is 1. The second kappa shape index (κ2) is 11.3.